The van der Waals surface area contributed by atoms with Gasteiger partial charge in [-0.1, -0.05) is 18.2 Å². The number of hydrogen-bond donors (Lipinski definition) is 2. The van der Waals surface area contributed by atoms with Gasteiger partial charge in [0.15, 0.2) is 0 Å². The average Bonchev–Trinajstić information content (AvgIpc) is 2.83. The summed E-state index contributed by atoms with van der Waals surface area (Å²) in [6.45, 7) is 1.48. The number of aromatic hydroxyl groups is 1. The minimum absolute atomic E-state index is 0.0469. The van der Waals surface area contributed by atoms with Crippen LogP contribution in [0.2, 0.25) is 0 Å². The number of nitrogens with zero attached hydrogens (tertiary/aromatic N) is 3. The van der Waals surface area contributed by atoms with E-state index in [0.29, 0.717) is 23.1 Å². The van der Waals surface area contributed by atoms with Crippen LogP contribution in [0, 0.1) is 28.9 Å². The first-order chi connectivity index (χ1) is 16.4. The smallest absolute Gasteiger partial charge is 0.140 e. The van der Waals surface area contributed by atoms with E-state index in [4.69, 9.17) is 5.73 Å². The van der Waals surface area contributed by atoms with Crippen LogP contribution in [0.4, 0.5) is 8.78 Å². The van der Waals surface area contributed by atoms with Crippen molar-refractivity contribution in [2.75, 3.05) is 13.1 Å². The number of likely N-dealkylation sites (tertiary alicyclic amines) is 1. The Labute approximate surface area is 196 Å². The molecule has 7 heteroatoms. The van der Waals surface area contributed by atoms with Gasteiger partial charge in [0, 0.05) is 59.9 Å². The molecule has 1 atom stereocenters. The van der Waals surface area contributed by atoms with Crippen LogP contribution in [-0.4, -0.2) is 35.4 Å². The Bertz CT molecular complexity index is 1290. The summed E-state index contributed by atoms with van der Waals surface area (Å²) in [6, 6.07) is 10.8. The van der Waals surface area contributed by atoms with Crippen LogP contribution in [0.1, 0.15) is 36.0 Å². The zero-order chi connectivity index (χ0) is 23.8. The van der Waals surface area contributed by atoms with Crippen LogP contribution >= 0.6 is 0 Å². The Morgan fingerprint density at radius 1 is 1.09 bits per heavy atom. The summed E-state index contributed by atoms with van der Waals surface area (Å²) in [6.07, 6.45) is 7.70. The lowest BCUT2D eigenvalue weighted by Gasteiger charge is -2.41. The van der Waals surface area contributed by atoms with E-state index in [1.165, 1.54) is 12.1 Å². The number of rotatable bonds is 3. The van der Waals surface area contributed by atoms with Crippen LogP contribution in [0.25, 0.3) is 11.1 Å². The third-order valence-electron chi connectivity index (χ3n) is 6.74. The molecular formula is C27H24F2N4O. The van der Waals surface area contributed by atoms with Gasteiger partial charge in [-0.2, -0.15) is 5.26 Å². The highest BCUT2D eigenvalue weighted by Gasteiger charge is 2.34. The van der Waals surface area contributed by atoms with Gasteiger partial charge in [-0.05, 0) is 54.7 Å². The molecule has 0 saturated carbocycles. The fourth-order valence-corrected chi connectivity index (χ4v) is 5.01. The molecule has 5 rings (SSSR count). The molecule has 0 bridgehead atoms. The normalized spacial score (nSPS) is 20.5. The van der Waals surface area contributed by atoms with Crippen LogP contribution in [0.3, 0.4) is 0 Å². The van der Waals surface area contributed by atoms with Gasteiger partial charge in [0.2, 0.25) is 0 Å². The zero-order valence-electron chi connectivity index (χ0n) is 18.5. The summed E-state index contributed by atoms with van der Waals surface area (Å²) in [5.74, 6) is -1.49. The second kappa shape index (κ2) is 8.88. The SMILES string of the molecule is N#Cc1cccc(C2=CC=C3N=CC(c4cc(F)cc(F)c4)=C(N4CCC(N)CC4)C3C2)c1O. The number of allylic oxidation sites excluding steroid dienone is 4. The van der Waals surface area contributed by atoms with Gasteiger partial charge < -0.3 is 15.7 Å². The lowest BCUT2D eigenvalue weighted by Crippen LogP contribution is -2.42. The van der Waals surface area contributed by atoms with Crippen LogP contribution < -0.4 is 5.73 Å². The third-order valence-corrected chi connectivity index (χ3v) is 6.74. The Kier molecular flexibility index (Phi) is 5.76. The van der Waals surface area contributed by atoms with Gasteiger partial charge in [0.05, 0.1) is 5.56 Å². The van der Waals surface area contributed by atoms with Crippen molar-refractivity contribution in [3.8, 4) is 11.8 Å². The zero-order valence-corrected chi connectivity index (χ0v) is 18.5. The molecule has 1 unspecified atom stereocenters. The molecule has 0 aromatic heterocycles. The van der Waals surface area contributed by atoms with E-state index in [9.17, 15) is 19.1 Å². The fraction of sp³-hybridized carbons (Fsp3) is 0.259. The first kappa shape index (κ1) is 22.1. The van der Waals surface area contributed by atoms with Crippen LogP contribution in [0.5, 0.6) is 5.75 Å². The van der Waals surface area contributed by atoms with Crippen molar-refractivity contribution in [3.05, 3.63) is 88.3 Å². The van der Waals surface area contributed by atoms with E-state index in [1.54, 1.807) is 24.4 Å². The molecule has 1 aliphatic carbocycles. The second-order valence-corrected chi connectivity index (χ2v) is 8.89. The number of halogens is 2. The number of benzene rings is 2. The molecular weight excluding hydrogens is 434 g/mol. The molecule has 2 aliphatic heterocycles. The molecule has 5 nitrogen and oxygen atoms in total. The van der Waals surface area contributed by atoms with Gasteiger partial charge in [-0.25, -0.2) is 8.78 Å². The first-order valence-electron chi connectivity index (χ1n) is 11.3. The maximum absolute atomic E-state index is 14.1. The summed E-state index contributed by atoms with van der Waals surface area (Å²) in [5.41, 5.74) is 10.8. The van der Waals surface area contributed by atoms with E-state index in [1.807, 2.05) is 18.2 Å². The summed E-state index contributed by atoms with van der Waals surface area (Å²) < 4.78 is 28.2. The predicted octanol–water partition coefficient (Wildman–Crippen LogP) is 4.75. The van der Waals surface area contributed by atoms with Crippen molar-refractivity contribution in [1.29, 1.82) is 5.26 Å². The van der Waals surface area contributed by atoms with Gasteiger partial charge >= 0.3 is 0 Å². The molecule has 3 aliphatic rings. The van der Waals surface area contributed by atoms with E-state index in [0.717, 1.165) is 49.0 Å². The Morgan fingerprint density at radius 3 is 2.53 bits per heavy atom. The molecule has 2 aromatic rings. The van der Waals surface area contributed by atoms with Crippen molar-refractivity contribution in [1.82, 2.24) is 4.90 Å². The predicted molar refractivity (Wildman–Crippen MR) is 128 cm³/mol. The Balaban J connectivity index is 1.61. The lowest BCUT2D eigenvalue weighted by molar-refractivity contribution is 0.245. The van der Waals surface area contributed by atoms with Crippen molar-refractivity contribution in [2.45, 2.75) is 25.3 Å². The quantitative estimate of drug-likeness (QED) is 0.695. The molecule has 172 valence electrons. The molecule has 2 aromatic carbocycles. The van der Waals surface area contributed by atoms with Crippen LogP contribution in [-0.2, 0) is 0 Å². The topological polar surface area (TPSA) is 85.6 Å². The van der Waals surface area contributed by atoms with Gasteiger partial charge in [-0.3, -0.25) is 4.99 Å². The van der Waals surface area contributed by atoms with Crippen molar-refractivity contribution >= 4 is 17.4 Å². The first-order valence-corrected chi connectivity index (χ1v) is 11.3. The summed E-state index contributed by atoms with van der Waals surface area (Å²) in [5, 5.41) is 20.0. The van der Waals surface area contributed by atoms with E-state index in [2.05, 4.69) is 9.89 Å². The minimum Gasteiger partial charge on any atom is -0.506 e. The number of phenolic OH excluding ortho intramolecular Hbond substituents is 1. The fourth-order valence-electron chi connectivity index (χ4n) is 5.01. The lowest BCUT2D eigenvalue weighted by atomic mass is 9.80. The van der Waals surface area contributed by atoms with Crippen LogP contribution in [0.15, 0.2) is 64.9 Å². The largest absolute Gasteiger partial charge is 0.506 e. The highest BCUT2D eigenvalue weighted by atomic mass is 19.1. The van der Waals surface area contributed by atoms with E-state index < -0.39 is 11.6 Å². The van der Waals surface area contributed by atoms with E-state index >= 15 is 0 Å². The summed E-state index contributed by atoms with van der Waals surface area (Å²) in [7, 11) is 0. The number of nitriles is 1. The average molecular weight is 459 g/mol. The number of dihydropyridines is 1. The number of nitrogens with two attached hydrogens (primary N) is 1. The van der Waals surface area contributed by atoms with Crippen molar-refractivity contribution in [2.24, 2.45) is 16.6 Å². The second-order valence-electron chi connectivity index (χ2n) is 8.89. The monoisotopic (exact) mass is 458 g/mol. The summed E-state index contributed by atoms with van der Waals surface area (Å²) >= 11 is 0. The molecule has 34 heavy (non-hydrogen) atoms. The molecule has 0 radical (unpaired) electrons. The van der Waals surface area contributed by atoms with Gasteiger partial charge in [0.1, 0.15) is 23.5 Å². The molecule has 3 N–H and O–H groups in total. The highest BCUT2D eigenvalue weighted by molar-refractivity contribution is 6.12. The van der Waals surface area contributed by atoms with Gasteiger partial charge in [-0.15, -0.1) is 0 Å². The molecule has 2 heterocycles. The number of para-hydroxylation sites is 1. The minimum atomic E-state index is -0.639. The van der Waals surface area contributed by atoms with Crippen molar-refractivity contribution in [3.63, 3.8) is 0 Å². The number of hydrogen-bond acceptors (Lipinski definition) is 5. The van der Waals surface area contributed by atoms with Gasteiger partial charge in [0.25, 0.3) is 0 Å². The standard InChI is InChI=1S/C27H24F2N4O/c28-19-10-18(11-20(29)13-19)24-15-32-25-5-4-16(22-3-1-2-17(14-30)27(22)34)12-23(25)26(24)33-8-6-21(31)7-9-33/h1-5,10-11,13,15,21,23,34H,6-9,12,31H2. The molecule has 1 saturated heterocycles. The molecule has 0 spiro atoms. The number of phenols is 1. The summed E-state index contributed by atoms with van der Waals surface area (Å²) in [4.78, 5) is 6.89. The third kappa shape index (κ3) is 4.02. The maximum atomic E-state index is 14.1. The highest BCUT2D eigenvalue weighted by Crippen LogP contribution is 2.44. The molecule has 1 fully saturated rings. The Morgan fingerprint density at radius 2 is 1.82 bits per heavy atom. The maximum Gasteiger partial charge on any atom is 0.140 e. The number of fused-ring (bicyclic) bond motifs is 1. The number of piperidine rings is 1. The molecule has 0 amide bonds. The number of aliphatic imine (C=N–C) groups is 1. The van der Waals surface area contributed by atoms with E-state index in [-0.39, 0.29) is 23.3 Å². The van der Waals surface area contributed by atoms with Crippen molar-refractivity contribution < 1.29 is 13.9 Å². The Hall–Kier alpha value is -3.76.